The first-order chi connectivity index (χ1) is 9.58. The van der Waals surface area contributed by atoms with Gasteiger partial charge in [0.2, 0.25) is 0 Å². The fourth-order valence-corrected chi connectivity index (χ4v) is 2.28. The van der Waals surface area contributed by atoms with Crippen LogP contribution in [0.4, 0.5) is 0 Å². The van der Waals surface area contributed by atoms with Gasteiger partial charge in [-0.3, -0.25) is 4.90 Å². The van der Waals surface area contributed by atoms with E-state index in [1.165, 1.54) is 11.1 Å². The molecular weight excluding hydrogens is 248 g/mol. The Hall–Kier alpha value is -1.58. The normalized spacial score (nSPS) is 14.4. The summed E-state index contributed by atoms with van der Waals surface area (Å²) in [5.41, 5.74) is 2.61. The minimum Gasteiger partial charge on any atom is -0.468 e. The zero-order valence-corrected chi connectivity index (χ0v) is 12.8. The van der Waals surface area contributed by atoms with E-state index >= 15 is 0 Å². The molecule has 3 heteroatoms. The van der Waals surface area contributed by atoms with Crippen LogP contribution in [0, 0.1) is 6.92 Å². The molecule has 3 nitrogen and oxygen atoms in total. The zero-order valence-electron chi connectivity index (χ0n) is 12.8. The molecule has 0 aliphatic carbocycles. The van der Waals surface area contributed by atoms with Crippen LogP contribution in [0.1, 0.15) is 35.9 Å². The minimum atomic E-state index is 0.248. The number of hydrogen-bond donors (Lipinski definition) is 1. The van der Waals surface area contributed by atoms with Crippen LogP contribution in [0.2, 0.25) is 0 Å². The monoisotopic (exact) mass is 272 g/mol. The summed E-state index contributed by atoms with van der Waals surface area (Å²) in [6, 6.07) is 13.2. The predicted molar refractivity (Wildman–Crippen MR) is 82.7 cm³/mol. The van der Waals surface area contributed by atoms with Gasteiger partial charge in [-0.2, -0.15) is 0 Å². The Kier molecular flexibility index (Phi) is 4.99. The van der Waals surface area contributed by atoms with Crippen molar-refractivity contribution in [1.29, 1.82) is 0 Å². The van der Waals surface area contributed by atoms with Crippen molar-refractivity contribution < 1.29 is 4.42 Å². The average molecular weight is 272 g/mol. The maximum Gasteiger partial charge on any atom is 0.122 e. The lowest BCUT2D eigenvalue weighted by Crippen LogP contribution is -2.32. The lowest BCUT2D eigenvalue weighted by molar-refractivity contribution is 0.245. The molecule has 20 heavy (non-hydrogen) atoms. The third-order valence-electron chi connectivity index (χ3n) is 3.69. The quantitative estimate of drug-likeness (QED) is 0.872. The molecule has 0 radical (unpaired) electrons. The van der Waals surface area contributed by atoms with E-state index in [1.807, 2.05) is 12.1 Å². The maximum atomic E-state index is 5.53. The lowest BCUT2D eigenvalue weighted by Gasteiger charge is -2.25. The first-order valence-corrected chi connectivity index (χ1v) is 7.07. The van der Waals surface area contributed by atoms with Gasteiger partial charge in [0, 0.05) is 12.6 Å². The van der Waals surface area contributed by atoms with Crippen molar-refractivity contribution in [3.8, 4) is 0 Å². The van der Waals surface area contributed by atoms with E-state index in [4.69, 9.17) is 4.42 Å². The van der Waals surface area contributed by atoms with E-state index in [1.54, 1.807) is 6.26 Å². The van der Waals surface area contributed by atoms with Crippen LogP contribution >= 0.6 is 0 Å². The summed E-state index contributed by atoms with van der Waals surface area (Å²) in [6.07, 6.45) is 1.73. The summed E-state index contributed by atoms with van der Waals surface area (Å²) in [6.45, 7) is 5.16. The Morgan fingerprint density at radius 2 is 1.85 bits per heavy atom. The van der Waals surface area contributed by atoms with Gasteiger partial charge in [0.1, 0.15) is 5.76 Å². The highest BCUT2D eigenvalue weighted by molar-refractivity contribution is 5.23. The number of nitrogens with one attached hydrogen (secondary N) is 1. The van der Waals surface area contributed by atoms with Crippen molar-refractivity contribution in [2.24, 2.45) is 0 Å². The van der Waals surface area contributed by atoms with E-state index in [2.05, 4.69) is 62.4 Å². The Labute approximate surface area is 121 Å². The number of hydrogen-bond acceptors (Lipinski definition) is 3. The van der Waals surface area contributed by atoms with E-state index in [-0.39, 0.29) is 6.04 Å². The molecule has 0 spiro atoms. The molecule has 0 bridgehead atoms. The van der Waals surface area contributed by atoms with Crippen LogP contribution in [0.15, 0.2) is 47.1 Å². The fourth-order valence-electron chi connectivity index (χ4n) is 2.28. The SMILES string of the molecule is Cc1ccc(C(C)NCC(c2ccco2)N(C)C)cc1. The van der Waals surface area contributed by atoms with Crippen molar-refractivity contribution in [2.45, 2.75) is 25.9 Å². The maximum absolute atomic E-state index is 5.53. The number of aryl methyl sites for hydroxylation is 1. The Bertz CT molecular complexity index is 502. The number of furan rings is 1. The second-order valence-corrected chi connectivity index (χ2v) is 5.54. The smallest absolute Gasteiger partial charge is 0.122 e. The van der Waals surface area contributed by atoms with E-state index in [0.29, 0.717) is 6.04 Å². The van der Waals surface area contributed by atoms with Crippen molar-refractivity contribution in [3.63, 3.8) is 0 Å². The summed E-state index contributed by atoms with van der Waals surface area (Å²) in [5, 5.41) is 3.59. The molecule has 0 aliphatic heterocycles. The number of likely N-dealkylation sites (N-methyl/N-ethyl adjacent to an activating group) is 1. The minimum absolute atomic E-state index is 0.248. The van der Waals surface area contributed by atoms with E-state index in [0.717, 1.165) is 12.3 Å². The molecule has 2 rings (SSSR count). The third-order valence-corrected chi connectivity index (χ3v) is 3.69. The highest BCUT2D eigenvalue weighted by atomic mass is 16.3. The molecule has 0 saturated heterocycles. The van der Waals surface area contributed by atoms with Gasteiger partial charge in [0.05, 0.1) is 12.3 Å². The van der Waals surface area contributed by atoms with Crippen LogP contribution in [0.25, 0.3) is 0 Å². The van der Waals surface area contributed by atoms with Crippen LogP contribution in [0.5, 0.6) is 0 Å². The summed E-state index contributed by atoms with van der Waals surface area (Å²) >= 11 is 0. The van der Waals surface area contributed by atoms with Gasteiger partial charge in [-0.25, -0.2) is 0 Å². The van der Waals surface area contributed by atoms with Crippen molar-refractivity contribution >= 4 is 0 Å². The number of rotatable bonds is 6. The molecule has 2 unspecified atom stereocenters. The molecule has 1 N–H and O–H groups in total. The Morgan fingerprint density at radius 1 is 1.15 bits per heavy atom. The number of benzene rings is 1. The molecule has 2 aromatic rings. The van der Waals surface area contributed by atoms with Crippen LogP contribution in [0.3, 0.4) is 0 Å². The van der Waals surface area contributed by atoms with Gasteiger partial charge in [0.15, 0.2) is 0 Å². The van der Waals surface area contributed by atoms with Gasteiger partial charge < -0.3 is 9.73 Å². The van der Waals surface area contributed by atoms with Crippen LogP contribution in [-0.4, -0.2) is 25.5 Å². The lowest BCUT2D eigenvalue weighted by atomic mass is 10.1. The Morgan fingerprint density at radius 3 is 2.40 bits per heavy atom. The number of nitrogens with zero attached hydrogens (tertiary/aromatic N) is 1. The van der Waals surface area contributed by atoms with Crippen molar-refractivity contribution in [1.82, 2.24) is 10.2 Å². The van der Waals surface area contributed by atoms with Crippen molar-refractivity contribution in [3.05, 3.63) is 59.5 Å². The van der Waals surface area contributed by atoms with Gasteiger partial charge in [0.25, 0.3) is 0 Å². The summed E-state index contributed by atoms with van der Waals surface area (Å²) in [7, 11) is 4.15. The van der Waals surface area contributed by atoms with E-state index < -0.39 is 0 Å². The molecule has 2 atom stereocenters. The van der Waals surface area contributed by atoms with Crippen LogP contribution < -0.4 is 5.32 Å². The summed E-state index contributed by atoms with van der Waals surface area (Å²) in [5.74, 6) is 0.999. The fraction of sp³-hybridized carbons (Fsp3) is 0.412. The average Bonchev–Trinajstić information content (AvgIpc) is 2.93. The van der Waals surface area contributed by atoms with Crippen LogP contribution in [-0.2, 0) is 0 Å². The highest BCUT2D eigenvalue weighted by Crippen LogP contribution is 2.20. The third kappa shape index (κ3) is 3.71. The standard InChI is InChI=1S/C17H24N2O/c1-13-7-9-15(10-8-13)14(2)18-12-16(19(3)4)17-6-5-11-20-17/h5-11,14,16,18H,12H2,1-4H3. The first kappa shape index (κ1) is 14.8. The predicted octanol–water partition coefficient (Wildman–Crippen LogP) is 3.54. The van der Waals surface area contributed by atoms with Gasteiger partial charge in [-0.1, -0.05) is 29.8 Å². The molecule has 0 saturated carbocycles. The molecular formula is C17H24N2O. The largest absolute Gasteiger partial charge is 0.468 e. The van der Waals surface area contributed by atoms with Gasteiger partial charge in [-0.05, 0) is 45.6 Å². The molecule has 0 amide bonds. The highest BCUT2D eigenvalue weighted by Gasteiger charge is 2.17. The Balaban J connectivity index is 1.97. The second-order valence-electron chi connectivity index (χ2n) is 5.54. The topological polar surface area (TPSA) is 28.4 Å². The molecule has 1 aromatic heterocycles. The second kappa shape index (κ2) is 6.73. The zero-order chi connectivity index (χ0) is 14.5. The van der Waals surface area contributed by atoms with Gasteiger partial charge >= 0.3 is 0 Å². The van der Waals surface area contributed by atoms with Gasteiger partial charge in [-0.15, -0.1) is 0 Å². The summed E-state index contributed by atoms with van der Waals surface area (Å²) < 4.78 is 5.53. The molecule has 1 aromatic carbocycles. The molecule has 1 heterocycles. The first-order valence-electron chi connectivity index (χ1n) is 7.07. The molecule has 0 fully saturated rings. The summed E-state index contributed by atoms with van der Waals surface area (Å²) in [4.78, 5) is 2.17. The van der Waals surface area contributed by atoms with E-state index in [9.17, 15) is 0 Å². The van der Waals surface area contributed by atoms with Crippen molar-refractivity contribution in [2.75, 3.05) is 20.6 Å². The molecule has 0 aliphatic rings. The molecule has 108 valence electrons.